The molecule has 0 bridgehead atoms. The van der Waals surface area contributed by atoms with Gasteiger partial charge >= 0.3 is 0 Å². The predicted molar refractivity (Wildman–Crippen MR) is 137 cm³/mol. The molecule has 0 spiro atoms. The van der Waals surface area contributed by atoms with Crippen molar-refractivity contribution in [2.24, 2.45) is 0 Å². The third kappa shape index (κ3) is 4.15. The third-order valence-electron chi connectivity index (χ3n) is 6.84. The molecule has 2 fully saturated rings. The lowest BCUT2D eigenvalue weighted by Crippen LogP contribution is -2.29. The predicted octanol–water partition coefficient (Wildman–Crippen LogP) is 6.01. The normalized spacial score (nSPS) is 25.5. The molecule has 6 rings (SSSR count). The van der Waals surface area contributed by atoms with Gasteiger partial charge in [-0.25, -0.2) is 15.0 Å². The largest absolute Gasteiger partial charge is 0.349 e. The van der Waals surface area contributed by atoms with Gasteiger partial charge in [0.2, 0.25) is 0 Å². The van der Waals surface area contributed by atoms with Crippen LogP contribution in [0.15, 0.2) is 47.3 Å². The average molecular weight is 558 g/mol. The van der Waals surface area contributed by atoms with Gasteiger partial charge in [0, 0.05) is 17.0 Å². The number of ether oxygens (including phenoxy) is 3. The van der Waals surface area contributed by atoms with Crippen molar-refractivity contribution in [3.05, 3.63) is 63.7 Å². The fourth-order valence-corrected chi connectivity index (χ4v) is 5.73. The van der Waals surface area contributed by atoms with Gasteiger partial charge in [-0.05, 0) is 72.8 Å². The van der Waals surface area contributed by atoms with Gasteiger partial charge in [-0.3, -0.25) is 0 Å². The smallest absolute Gasteiger partial charge is 0.164 e. The zero-order valence-electron chi connectivity index (χ0n) is 19.7. The van der Waals surface area contributed by atoms with Gasteiger partial charge in [0.1, 0.15) is 29.3 Å². The lowest BCUT2D eigenvalue weighted by atomic mass is 10.0. The van der Waals surface area contributed by atoms with E-state index in [4.69, 9.17) is 25.8 Å². The first kappa shape index (κ1) is 23.3. The highest BCUT2D eigenvalue weighted by molar-refractivity contribution is 9.10. The van der Waals surface area contributed by atoms with Gasteiger partial charge in [-0.1, -0.05) is 30.7 Å². The van der Waals surface area contributed by atoms with Crippen LogP contribution in [-0.4, -0.2) is 43.6 Å². The second-order valence-corrected chi connectivity index (χ2v) is 10.8. The first-order valence-corrected chi connectivity index (χ1v) is 13.1. The maximum Gasteiger partial charge on any atom is 0.164 e. The Morgan fingerprint density at radius 3 is 2.77 bits per heavy atom. The summed E-state index contributed by atoms with van der Waals surface area (Å²) in [7, 11) is 0. The fourth-order valence-electron chi connectivity index (χ4n) is 5.25. The van der Waals surface area contributed by atoms with E-state index in [0.29, 0.717) is 5.15 Å². The fraction of sp³-hybridized carbons (Fsp3) is 0.423. The maximum absolute atomic E-state index is 6.60. The number of halogens is 2. The van der Waals surface area contributed by atoms with Crippen molar-refractivity contribution in [2.45, 2.75) is 70.4 Å². The SMILES string of the molecule is CCc1ncnc2c1ccn2[C@@H]1O[C@H](CCc2ccc3cc(Br)c(Cl)nc3c2)[C@H]2OC(C)(C)O[C@H]21. The molecule has 0 N–H and O–H groups in total. The topological polar surface area (TPSA) is 71.3 Å². The number of aryl methyl sites for hydroxylation is 2. The number of hydrogen-bond acceptors (Lipinski definition) is 6. The molecular weight excluding hydrogens is 532 g/mol. The van der Waals surface area contributed by atoms with Crippen LogP contribution in [0.25, 0.3) is 21.9 Å². The summed E-state index contributed by atoms with van der Waals surface area (Å²) in [5.41, 5.74) is 3.95. The van der Waals surface area contributed by atoms with Crippen molar-refractivity contribution in [1.82, 2.24) is 19.5 Å². The van der Waals surface area contributed by atoms with E-state index in [-0.39, 0.29) is 24.5 Å². The van der Waals surface area contributed by atoms with Crippen LogP contribution in [0.2, 0.25) is 5.15 Å². The minimum Gasteiger partial charge on any atom is -0.349 e. The Bertz CT molecular complexity index is 1420. The molecule has 4 atom stereocenters. The molecular formula is C26H26BrClN4O3. The van der Waals surface area contributed by atoms with Crippen LogP contribution in [0.3, 0.4) is 0 Å². The molecule has 3 aromatic heterocycles. The van der Waals surface area contributed by atoms with Gasteiger partial charge in [0.05, 0.1) is 21.8 Å². The van der Waals surface area contributed by atoms with Crippen LogP contribution in [0, 0.1) is 0 Å². The maximum atomic E-state index is 6.60. The molecule has 2 aliphatic heterocycles. The average Bonchev–Trinajstić information content (AvgIpc) is 3.49. The quantitative estimate of drug-likeness (QED) is 0.280. The molecule has 2 aliphatic rings. The number of benzene rings is 1. The highest BCUT2D eigenvalue weighted by atomic mass is 79.9. The van der Waals surface area contributed by atoms with Crippen molar-refractivity contribution in [3.63, 3.8) is 0 Å². The van der Waals surface area contributed by atoms with Crippen LogP contribution < -0.4 is 0 Å². The van der Waals surface area contributed by atoms with Crippen molar-refractivity contribution < 1.29 is 14.2 Å². The molecule has 7 nitrogen and oxygen atoms in total. The molecule has 4 aromatic rings. The highest BCUT2D eigenvalue weighted by Gasteiger charge is 2.55. The number of fused-ring (bicyclic) bond motifs is 3. The Morgan fingerprint density at radius 2 is 1.94 bits per heavy atom. The second-order valence-electron chi connectivity index (χ2n) is 9.59. The van der Waals surface area contributed by atoms with Gasteiger partial charge < -0.3 is 18.8 Å². The van der Waals surface area contributed by atoms with E-state index in [1.54, 1.807) is 6.33 Å². The lowest BCUT2D eigenvalue weighted by molar-refractivity contribution is -0.196. The lowest BCUT2D eigenvalue weighted by Gasteiger charge is -2.25. The Kier molecular flexibility index (Phi) is 5.85. The zero-order valence-corrected chi connectivity index (χ0v) is 22.1. The van der Waals surface area contributed by atoms with E-state index in [2.05, 4.69) is 66.6 Å². The van der Waals surface area contributed by atoms with Gasteiger partial charge in [0.25, 0.3) is 0 Å². The van der Waals surface area contributed by atoms with E-state index in [9.17, 15) is 0 Å². The number of rotatable bonds is 5. The summed E-state index contributed by atoms with van der Waals surface area (Å²) in [5.74, 6) is -0.668. The Hall–Kier alpha value is -2.10. The van der Waals surface area contributed by atoms with E-state index in [0.717, 1.165) is 51.4 Å². The molecule has 0 aliphatic carbocycles. The molecule has 5 heterocycles. The van der Waals surface area contributed by atoms with Gasteiger partial charge in [-0.15, -0.1) is 0 Å². The van der Waals surface area contributed by atoms with Crippen molar-refractivity contribution in [2.75, 3.05) is 0 Å². The molecule has 9 heteroatoms. The summed E-state index contributed by atoms with van der Waals surface area (Å²) in [4.78, 5) is 13.5. The summed E-state index contributed by atoms with van der Waals surface area (Å²) in [6.45, 7) is 6.02. The van der Waals surface area contributed by atoms with Gasteiger partial charge in [-0.2, -0.15) is 0 Å². The molecule has 35 heavy (non-hydrogen) atoms. The van der Waals surface area contributed by atoms with E-state index >= 15 is 0 Å². The molecule has 0 amide bonds. The summed E-state index contributed by atoms with van der Waals surface area (Å²) >= 11 is 9.66. The van der Waals surface area contributed by atoms with Crippen molar-refractivity contribution in [1.29, 1.82) is 0 Å². The van der Waals surface area contributed by atoms with Crippen LogP contribution in [0.4, 0.5) is 0 Å². The zero-order chi connectivity index (χ0) is 24.3. The highest BCUT2D eigenvalue weighted by Crippen LogP contribution is 2.45. The molecule has 0 radical (unpaired) electrons. The number of nitrogens with zero attached hydrogens (tertiary/aromatic N) is 4. The molecule has 182 valence electrons. The summed E-state index contributed by atoms with van der Waals surface area (Å²) in [5, 5.41) is 2.56. The van der Waals surface area contributed by atoms with E-state index in [1.807, 2.05) is 26.1 Å². The number of aromatic nitrogens is 4. The third-order valence-corrected chi connectivity index (χ3v) is 7.96. The summed E-state index contributed by atoms with van der Waals surface area (Å²) in [6, 6.07) is 10.4. The van der Waals surface area contributed by atoms with Gasteiger partial charge in [0.15, 0.2) is 12.0 Å². The minimum absolute atomic E-state index is 0.117. The van der Waals surface area contributed by atoms with Crippen LogP contribution in [0.1, 0.15) is 44.7 Å². The summed E-state index contributed by atoms with van der Waals surface area (Å²) < 4.78 is 22.1. The first-order valence-electron chi connectivity index (χ1n) is 11.9. The minimum atomic E-state index is -0.668. The first-order chi connectivity index (χ1) is 16.8. The molecule has 2 saturated heterocycles. The Labute approximate surface area is 216 Å². The van der Waals surface area contributed by atoms with Crippen LogP contribution >= 0.6 is 27.5 Å². The van der Waals surface area contributed by atoms with E-state index in [1.165, 1.54) is 5.56 Å². The Morgan fingerprint density at radius 1 is 1.11 bits per heavy atom. The van der Waals surface area contributed by atoms with Crippen LogP contribution in [-0.2, 0) is 27.1 Å². The number of hydrogen-bond donors (Lipinski definition) is 0. The second kappa shape index (κ2) is 8.78. The molecule has 0 unspecified atom stereocenters. The monoisotopic (exact) mass is 556 g/mol. The van der Waals surface area contributed by atoms with Crippen LogP contribution in [0.5, 0.6) is 0 Å². The molecule has 0 saturated carbocycles. The summed E-state index contributed by atoms with van der Waals surface area (Å²) in [6.07, 6.45) is 5.28. The van der Waals surface area contributed by atoms with Crippen molar-refractivity contribution in [3.8, 4) is 0 Å². The van der Waals surface area contributed by atoms with Crippen molar-refractivity contribution >= 4 is 49.5 Å². The van der Waals surface area contributed by atoms with E-state index < -0.39 is 5.79 Å². The Balaban J connectivity index is 1.27. The molecule has 1 aromatic carbocycles. The standard InChI is InChI=1S/C26H26BrClN4O3/c1-4-18-16-9-10-32(24(16)30-13-29-18)25-22-21(34-26(2,3)35-22)20(33-25)8-6-14-5-7-15-12-17(27)23(28)31-19(15)11-14/h5,7,9-13,20-22,25H,4,6,8H2,1-3H3/t20-,21-,22-,25-/m1/s1. The number of pyridine rings is 1.